The van der Waals surface area contributed by atoms with Crippen molar-refractivity contribution < 1.29 is 14.3 Å². The van der Waals surface area contributed by atoms with Gasteiger partial charge in [-0.3, -0.25) is 4.79 Å². The molecule has 33 heavy (non-hydrogen) atoms. The van der Waals surface area contributed by atoms with Crippen molar-refractivity contribution in [1.82, 2.24) is 0 Å². The molecule has 2 aromatic carbocycles. The van der Waals surface area contributed by atoms with Gasteiger partial charge in [-0.15, -0.1) is 0 Å². The molecular weight excluding hydrogens is 408 g/mol. The van der Waals surface area contributed by atoms with Gasteiger partial charge in [-0.1, -0.05) is 108 Å². The van der Waals surface area contributed by atoms with E-state index in [1.807, 2.05) is 19.1 Å². The molecule has 3 nitrogen and oxygen atoms in total. The van der Waals surface area contributed by atoms with Gasteiger partial charge in [0.2, 0.25) is 0 Å². The van der Waals surface area contributed by atoms with E-state index in [1.54, 1.807) is 0 Å². The van der Waals surface area contributed by atoms with Gasteiger partial charge in [0.1, 0.15) is 11.9 Å². The maximum absolute atomic E-state index is 12.2. The lowest BCUT2D eigenvalue weighted by Crippen LogP contribution is -2.08. The summed E-state index contributed by atoms with van der Waals surface area (Å²) in [5.74, 6) is 0.824. The summed E-state index contributed by atoms with van der Waals surface area (Å²) in [5.41, 5.74) is 3.32. The van der Waals surface area contributed by atoms with Crippen LogP contribution in [0.2, 0.25) is 0 Å². The van der Waals surface area contributed by atoms with E-state index >= 15 is 0 Å². The first-order valence-electron chi connectivity index (χ1n) is 13.2. The highest BCUT2D eigenvalue weighted by atomic mass is 16.5. The number of hydrogen-bond acceptors (Lipinski definition) is 3. The standard InChI is InChI=1S/C30H44O3/c1-4-6-8-9-10-11-12-13-14-15-30(31)33-25(3)26-16-18-27(19-17-26)28-20-22-29(23-21-28)32-24-7-5-2/h16-23,25H,4-15,24H2,1-3H3. The van der Waals surface area contributed by atoms with Crippen molar-refractivity contribution in [1.29, 1.82) is 0 Å². The Hall–Kier alpha value is -2.29. The number of ether oxygens (including phenoxy) is 2. The van der Waals surface area contributed by atoms with E-state index in [0.717, 1.165) is 54.7 Å². The summed E-state index contributed by atoms with van der Waals surface area (Å²) in [4.78, 5) is 12.2. The van der Waals surface area contributed by atoms with E-state index in [-0.39, 0.29) is 12.1 Å². The maximum atomic E-state index is 12.2. The first-order valence-corrected chi connectivity index (χ1v) is 13.2. The molecule has 0 aliphatic rings. The zero-order chi connectivity index (χ0) is 23.7. The summed E-state index contributed by atoms with van der Waals surface area (Å²) >= 11 is 0. The highest BCUT2D eigenvalue weighted by molar-refractivity contribution is 5.69. The van der Waals surface area contributed by atoms with E-state index in [2.05, 4.69) is 50.2 Å². The number of hydrogen-bond donors (Lipinski definition) is 0. The third-order valence-corrected chi connectivity index (χ3v) is 6.13. The Morgan fingerprint density at radius 2 is 1.21 bits per heavy atom. The van der Waals surface area contributed by atoms with Crippen LogP contribution < -0.4 is 4.74 Å². The van der Waals surface area contributed by atoms with Gasteiger partial charge >= 0.3 is 5.97 Å². The Balaban J connectivity index is 1.68. The van der Waals surface area contributed by atoms with E-state index in [0.29, 0.717) is 6.42 Å². The molecule has 0 spiro atoms. The van der Waals surface area contributed by atoms with Crippen LogP contribution in [0.1, 0.15) is 109 Å². The molecule has 0 saturated heterocycles. The number of carbonyl (C=O) groups is 1. The molecule has 0 aliphatic heterocycles. The number of unbranched alkanes of at least 4 members (excludes halogenated alkanes) is 9. The zero-order valence-corrected chi connectivity index (χ0v) is 21.1. The van der Waals surface area contributed by atoms with Gasteiger partial charge in [-0.25, -0.2) is 0 Å². The largest absolute Gasteiger partial charge is 0.494 e. The summed E-state index contributed by atoms with van der Waals surface area (Å²) in [6, 6.07) is 16.5. The van der Waals surface area contributed by atoms with Gasteiger partial charge < -0.3 is 9.47 Å². The molecule has 0 saturated carbocycles. The fourth-order valence-electron chi connectivity index (χ4n) is 3.93. The molecule has 0 aromatic heterocycles. The molecular formula is C30H44O3. The fraction of sp³-hybridized carbons (Fsp3) is 0.567. The Morgan fingerprint density at radius 3 is 1.79 bits per heavy atom. The molecule has 0 N–H and O–H groups in total. The monoisotopic (exact) mass is 452 g/mol. The second kappa shape index (κ2) is 16.3. The van der Waals surface area contributed by atoms with Crippen LogP contribution in [0.5, 0.6) is 5.75 Å². The predicted molar refractivity (Wildman–Crippen MR) is 139 cm³/mol. The number of esters is 1. The molecule has 3 heteroatoms. The summed E-state index contributed by atoms with van der Waals surface area (Å²) in [5, 5.41) is 0. The van der Waals surface area contributed by atoms with Gasteiger partial charge in [0.05, 0.1) is 6.61 Å². The lowest BCUT2D eigenvalue weighted by atomic mass is 10.0. The minimum atomic E-state index is -0.223. The molecule has 1 atom stereocenters. The summed E-state index contributed by atoms with van der Waals surface area (Å²) < 4.78 is 11.4. The Labute approximate surface area is 201 Å². The predicted octanol–water partition coefficient (Wildman–Crippen LogP) is 9.06. The highest BCUT2D eigenvalue weighted by Crippen LogP contribution is 2.26. The zero-order valence-electron chi connectivity index (χ0n) is 21.1. The van der Waals surface area contributed by atoms with Crippen LogP contribution in [-0.4, -0.2) is 12.6 Å². The van der Waals surface area contributed by atoms with Crippen molar-refractivity contribution in [2.45, 2.75) is 104 Å². The van der Waals surface area contributed by atoms with Crippen molar-refractivity contribution in [2.24, 2.45) is 0 Å². The molecule has 0 radical (unpaired) electrons. The van der Waals surface area contributed by atoms with Crippen LogP contribution in [0.4, 0.5) is 0 Å². The molecule has 0 bridgehead atoms. The first kappa shape index (κ1) is 27.0. The fourth-order valence-corrected chi connectivity index (χ4v) is 3.93. The van der Waals surface area contributed by atoms with Crippen molar-refractivity contribution in [3.05, 3.63) is 54.1 Å². The summed E-state index contributed by atoms with van der Waals surface area (Å²) in [6.07, 6.45) is 13.8. The Bertz CT molecular complexity index is 764. The third-order valence-electron chi connectivity index (χ3n) is 6.13. The Morgan fingerprint density at radius 1 is 0.697 bits per heavy atom. The van der Waals surface area contributed by atoms with Gasteiger partial charge in [-0.05, 0) is 48.6 Å². The number of benzene rings is 2. The van der Waals surface area contributed by atoms with Crippen LogP contribution in [0.3, 0.4) is 0 Å². The van der Waals surface area contributed by atoms with Crippen LogP contribution >= 0.6 is 0 Å². The molecule has 0 amide bonds. The van der Waals surface area contributed by atoms with Crippen LogP contribution in [0, 0.1) is 0 Å². The SMILES string of the molecule is CCCCCCCCCCCC(=O)OC(C)c1ccc(-c2ccc(OCCCC)cc2)cc1. The van der Waals surface area contributed by atoms with Crippen molar-refractivity contribution in [3.63, 3.8) is 0 Å². The quantitative estimate of drug-likeness (QED) is 0.177. The minimum Gasteiger partial charge on any atom is -0.494 e. The van der Waals surface area contributed by atoms with Crippen LogP contribution in [-0.2, 0) is 9.53 Å². The van der Waals surface area contributed by atoms with Gasteiger partial charge in [0, 0.05) is 6.42 Å². The summed E-state index contributed by atoms with van der Waals surface area (Å²) in [6.45, 7) is 7.13. The molecule has 1 unspecified atom stereocenters. The van der Waals surface area contributed by atoms with Gasteiger partial charge in [-0.2, -0.15) is 0 Å². The van der Waals surface area contributed by atoms with Crippen molar-refractivity contribution in [3.8, 4) is 16.9 Å². The Kier molecular flexibility index (Phi) is 13.4. The average Bonchev–Trinajstić information content (AvgIpc) is 2.84. The van der Waals surface area contributed by atoms with Gasteiger partial charge in [0.25, 0.3) is 0 Å². The van der Waals surface area contributed by atoms with Crippen molar-refractivity contribution >= 4 is 5.97 Å². The van der Waals surface area contributed by atoms with Crippen LogP contribution in [0.25, 0.3) is 11.1 Å². The van der Waals surface area contributed by atoms with E-state index < -0.39 is 0 Å². The normalized spacial score (nSPS) is 11.8. The third kappa shape index (κ3) is 10.9. The average molecular weight is 453 g/mol. The minimum absolute atomic E-state index is 0.0896. The smallest absolute Gasteiger partial charge is 0.306 e. The molecule has 2 aromatic rings. The first-order chi connectivity index (χ1) is 16.1. The second-order valence-electron chi connectivity index (χ2n) is 9.06. The molecule has 0 heterocycles. The van der Waals surface area contributed by atoms with E-state index in [4.69, 9.17) is 9.47 Å². The highest BCUT2D eigenvalue weighted by Gasteiger charge is 2.12. The molecule has 2 rings (SSSR count). The topological polar surface area (TPSA) is 35.5 Å². The lowest BCUT2D eigenvalue weighted by molar-refractivity contribution is -0.148. The lowest BCUT2D eigenvalue weighted by Gasteiger charge is -2.14. The molecule has 0 aliphatic carbocycles. The number of rotatable bonds is 17. The summed E-state index contributed by atoms with van der Waals surface area (Å²) in [7, 11) is 0. The van der Waals surface area contributed by atoms with Gasteiger partial charge in [0.15, 0.2) is 0 Å². The second-order valence-corrected chi connectivity index (χ2v) is 9.06. The van der Waals surface area contributed by atoms with Crippen LogP contribution in [0.15, 0.2) is 48.5 Å². The molecule has 182 valence electrons. The van der Waals surface area contributed by atoms with E-state index in [9.17, 15) is 4.79 Å². The van der Waals surface area contributed by atoms with E-state index in [1.165, 1.54) is 44.9 Å². The molecule has 0 fully saturated rings. The van der Waals surface area contributed by atoms with Crippen molar-refractivity contribution in [2.75, 3.05) is 6.61 Å². The number of carbonyl (C=O) groups excluding carboxylic acids is 1. The maximum Gasteiger partial charge on any atom is 0.306 e.